The maximum Gasteiger partial charge on any atom is 0.246 e. The van der Waals surface area contributed by atoms with Crippen molar-refractivity contribution in [2.45, 2.75) is 19.4 Å². The van der Waals surface area contributed by atoms with Gasteiger partial charge in [0.15, 0.2) is 0 Å². The lowest BCUT2D eigenvalue weighted by Gasteiger charge is -2.30. The standard InChI is InChI=1S/C22H22Cl2N2O2/c23-19-7-4-8-20(24)18(19)9-10-21(27)26-13-11-17(12-14-26)22(28)25-15-16-5-2-1-3-6-16/h1-10,17H,11-15H2,(H,25,28). The van der Waals surface area contributed by atoms with Gasteiger partial charge in [0.05, 0.1) is 0 Å². The van der Waals surface area contributed by atoms with Gasteiger partial charge in [-0.25, -0.2) is 0 Å². The minimum Gasteiger partial charge on any atom is -0.352 e. The molecule has 0 saturated carbocycles. The number of halogens is 2. The molecule has 2 aromatic carbocycles. The van der Waals surface area contributed by atoms with Crippen LogP contribution in [0.1, 0.15) is 24.0 Å². The molecule has 1 saturated heterocycles. The van der Waals surface area contributed by atoms with E-state index in [0.29, 0.717) is 48.1 Å². The Kier molecular flexibility index (Phi) is 7.12. The van der Waals surface area contributed by atoms with Crippen LogP contribution in [-0.4, -0.2) is 29.8 Å². The molecule has 28 heavy (non-hydrogen) atoms. The minimum atomic E-state index is -0.0980. The number of nitrogens with zero attached hydrogens (tertiary/aromatic N) is 1. The zero-order valence-corrected chi connectivity index (χ0v) is 16.9. The fraction of sp³-hybridized carbons (Fsp3) is 0.273. The molecule has 3 rings (SSSR count). The van der Waals surface area contributed by atoms with Crippen molar-refractivity contribution < 1.29 is 9.59 Å². The summed E-state index contributed by atoms with van der Waals surface area (Å²) in [6.45, 7) is 1.64. The van der Waals surface area contributed by atoms with E-state index in [1.165, 1.54) is 6.08 Å². The summed E-state index contributed by atoms with van der Waals surface area (Å²) in [7, 11) is 0. The van der Waals surface area contributed by atoms with Crippen LogP contribution in [-0.2, 0) is 16.1 Å². The molecule has 146 valence electrons. The average Bonchev–Trinajstić information content (AvgIpc) is 2.72. The number of benzene rings is 2. The first-order chi connectivity index (χ1) is 13.5. The Balaban J connectivity index is 1.48. The smallest absolute Gasteiger partial charge is 0.246 e. The van der Waals surface area contributed by atoms with E-state index < -0.39 is 0 Å². The second-order valence-corrected chi connectivity index (χ2v) is 7.59. The van der Waals surface area contributed by atoms with Gasteiger partial charge in [0.25, 0.3) is 0 Å². The van der Waals surface area contributed by atoms with Crippen LogP contribution in [0.4, 0.5) is 0 Å². The van der Waals surface area contributed by atoms with Crippen molar-refractivity contribution in [1.29, 1.82) is 0 Å². The quantitative estimate of drug-likeness (QED) is 0.726. The van der Waals surface area contributed by atoms with Crippen LogP contribution >= 0.6 is 23.2 Å². The molecule has 0 aromatic heterocycles. The molecule has 0 atom stereocenters. The highest BCUT2D eigenvalue weighted by Gasteiger charge is 2.26. The van der Waals surface area contributed by atoms with E-state index in [2.05, 4.69) is 5.32 Å². The third-order valence-electron chi connectivity index (χ3n) is 4.88. The highest BCUT2D eigenvalue weighted by Crippen LogP contribution is 2.26. The molecule has 6 heteroatoms. The number of carbonyl (C=O) groups excluding carboxylic acids is 2. The number of hydrogen-bond acceptors (Lipinski definition) is 2. The van der Waals surface area contributed by atoms with Crippen LogP contribution in [0.15, 0.2) is 54.6 Å². The molecular weight excluding hydrogens is 395 g/mol. The summed E-state index contributed by atoms with van der Waals surface area (Å²) in [5.41, 5.74) is 1.71. The Hall–Kier alpha value is -2.30. The summed E-state index contributed by atoms with van der Waals surface area (Å²) in [6, 6.07) is 15.1. The first kappa shape index (κ1) is 20.4. The van der Waals surface area contributed by atoms with Crippen molar-refractivity contribution in [2.75, 3.05) is 13.1 Å². The largest absolute Gasteiger partial charge is 0.352 e. The first-order valence-corrected chi connectivity index (χ1v) is 10.0. The summed E-state index contributed by atoms with van der Waals surface area (Å²) < 4.78 is 0. The highest BCUT2D eigenvalue weighted by molar-refractivity contribution is 6.37. The Labute approximate surface area is 175 Å². The topological polar surface area (TPSA) is 49.4 Å². The third kappa shape index (κ3) is 5.37. The Morgan fingerprint density at radius 1 is 1.00 bits per heavy atom. The lowest BCUT2D eigenvalue weighted by atomic mass is 9.95. The van der Waals surface area contributed by atoms with Crippen LogP contribution in [0.2, 0.25) is 10.0 Å². The minimum absolute atomic E-state index is 0.0503. The lowest BCUT2D eigenvalue weighted by molar-refractivity contribution is -0.132. The number of carbonyl (C=O) groups is 2. The first-order valence-electron chi connectivity index (χ1n) is 9.27. The SMILES string of the molecule is O=C(NCc1ccccc1)C1CCN(C(=O)C=Cc2c(Cl)cccc2Cl)CC1. The summed E-state index contributed by atoms with van der Waals surface area (Å²) >= 11 is 12.2. The molecule has 1 heterocycles. The van der Waals surface area contributed by atoms with Crippen molar-refractivity contribution in [3.05, 3.63) is 75.8 Å². The second kappa shape index (κ2) is 9.76. The van der Waals surface area contributed by atoms with Gasteiger partial charge in [-0.1, -0.05) is 59.6 Å². The van der Waals surface area contributed by atoms with Gasteiger partial charge in [0.1, 0.15) is 0 Å². The molecule has 1 fully saturated rings. The molecule has 0 aliphatic carbocycles. The summed E-state index contributed by atoms with van der Waals surface area (Å²) in [4.78, 5) is 26.6. The van der Waals surface area contributed by atoms with Crippen molar-refractivity contribution >= 4 is 41.1 Å². The van der Waals surface area contributed by atoms with E-state index in [0.717, 1.165) is 5.56 Å². The molecule has 1 aliphatic heterocycles. The fourth-order valence-corrected chi connectivity index (χ4v) is 3.74. The number of likely N-dealkylation sites (tertiary alicyclic amines) is 1. The van der Waals surface area contributed by atoms with E-state index in [9.17, 15) is 9.59 Å². The molecular formula is C22H22Cl2N2O2. The van der Waals surface area contributed by atoms with Crippen molar-refractivity contribution in [3.63, 3.8) is 0 Å². The maximum absolute atomic E-state index is 12.4. The molecule has 4 nitrogen and oxygen atoms in total. The van der Waals surface area contributed by atoms with Crippen LogP contribution in [0, 0.1) is 5.92 Å². The highest BCUT2D eigenvalue weighted by atomic mass is 35.5. The molecule has 2 aromatic rings. The Morgan fingerprint density at radius 3 is 2.29 bits per heavy atom. The van der Waals surface area contributed by atoms with E-state index >= 15 is 0 Å². The van der Waals surface area contributed by atoms with Crippen molar-refractivity contribution in [1.82, 2.24) is 10.2 Å². The van der Waals surface area contributed by atoms with E-state index in [-0.39, 0.29) is 17.7 Å². The normalized spacial score (nSPS) is 15.0. The van der Waals surface area contributed by atoms with Gasteiger partial charge in [-0.3, -0.25) is 9.59 Å². The van der Waals surface area contributed by atoms with Gasteiger partial charge in [-0.2, -0.15) is 0 Å². The Morgan fingerprint density at radius 2 is 1.64 bits per heavy atom. The predicted octanol–water partition coefficient (Wildman–Crippen LogP) is 4.56. The molecule has 1 aliphatic rings. The monoisotopic (exact) mass is 416 g/mol. The van der Waals surface area contributed by atoms with Gasteiger partial charge < -0.3 is 10.2 Å². The summed E-state index contributed by atoms with van der Waals surface area (Å²) in [6.07, 6.45) is 4.45. The number of piperidine rings is 1. The molecule has 0 spiro atoms. The van der Waals surface area contributed by atoms with Crippen LogP contribution in [0.5, 0.6) is 0 Å². The number of amides is 2. The van der Waals surface area contributed by atoms with Crippen molar-refractivity contribution in [2.24, 2.45) is 5.92 Å². The molecule has 2 amide bonds. The lowest BCUT2D eigenvalue weighted by Crippen LogP contribution is -2.42. The van der Waals surface area contributed by atoms with Crippen LogP contribution < -0.4 is 5.32 Å². The zero-order valence-electron chi connectivity index (χ0n) is 15.4. The maximum atomic E-state index is 12.4. The average molecular weight is 417 g/mol. The molecule has 1 N–H and O–H groups in total. The van der Waals surface area contributed by atoms with Crippen LogP contribution in [0.25, 0.3) is 6.08 Å². The molecule has 0 bridgehead atoms. The zero-order chi connectivity index (χ0) is 19.9. The molecule has 0 radical (unpaired) electrons. The van der Waals surface area contributed by atoms with Gasteiger partial charge >= 0.3 is 0 Å². The number of hydrogen-bond donors (Lipinski definition) is 1. The summed E-state index contributed by atoms with van der Waals surface area (Å²) in [5.74, 6) is -0.108. The van der Waals surface area contributed by atoms with Gasteiger partial charge in [-0.05, 0) is 36.6 Å². The van der Waals surface area contributed by atoms with Gasteiger partial charge in [0, 0.05) is 47.2 Å². The fourth-order valence-electron chi connectivity index (χ4n) is 3.22. The van der Waals surface area contributed by atoms with E-state index in [4.69, 9.17) is 23.2 Å². The number of rotatable bonds is 5. The summed E-state index contributed by atoms with van der Waals surface area (Å²) in [5, 5.41) is 4.00. The third-order valence-corrected chi connectivity index (χ3v) is 5.54. The van der Waals surface area contributed by atoms with E-state index in [1.807, 2.05) is 30.3 Å². The van der Waals surface area contributed by atoms with Gasteiger partial charge in [-0.15, -0.1) is 0 Å². The Bertz CT molecular complexity index is 840. The predicted molar refractivity (Wildman–Crippen MR) is 113 cm³/mol. The van der Waals surface area contributed by atoms with Crippen molar-refractivity contribution in [3.8, 4) is 0 Å². The van der Waals surface area contributed by atoms with Crippen LogP contribution in [0.3, 0.4) is 0 Å². The second-order valence-electron chi connectivity index (χ2n) is 6.77. The number of nitrogens with one attached hydrogen (secondary N) is 1. The molecule has 0 unspecified atom stereocenters. The van der Waals surface area contributed by atoms with Gasteiger partial charge in [0.2, 0.25) is 11.8 Å². The van der Waals surface area contributed by atoms with E-state index in [1.54, 1.807) is 29.2 Å².